The molecule has 9 heteroatoms. The highest BCUT2D eigenvalue weighted by Gasteiger charge is 2.36. The molecule has 0 amide bonds. The van der Waals surface area contributed by atoms with E-state index in [-0.39, 0.29) is 22.9 Å². The van der Waals surface area contributed by atoms with Crippen molar-refractivity contribution in [3.05, 3.63) is 75.5 Å². The number of aromatic nitrogens is 3. The van der Waals surface area contributed by atoms with Gasteiger partial charge in [0.15, 0.2) is 6.29 Å². The first kappa shape index (κ1) is 24.8. The third kappa shape index (κ3) is 4.12. The molecule has 37 heavy (non-hydrogen) atoms. The summed E-state index contributed by atoms with van der Waals surface area (Å²) in [7, 11) is 3.45. The molecule has 0 saturated carbocycles. The molecule has 3 heterocycles. The fourth-order valence-corrected chi connectivity index (χ4v) is 5.28. The number of anilines is 2. The van der Waals surface area contributed by atoms with Crippen LogP contribution in [-0.2, 0) is 26.7 Å². The van der Waals surface area contributed by atoms with Crippen molar-refractivity contribution in [2.45, 2.75) is 38.8 Å². The smallest absolute Gasteiger partial charge is 0.341 e. The Bertz CT molecular complexity index is 1580. The van der Waals surface area contributed by atoms with Gasteiger partial charge in [-0.25, -0.2) is 4.79 Å². The molecule has 0 atom stereocenters. The van der Waals surface area contributed by atoms with E-state index in [1.54, 1.807) is 29.3 Å². The number of imidazole rings is 1. The number of carbonyl (C=O) groups is 1. The molecule has 1 aliphatic rings. The van der Waals surface area contributed by atoms with Gasteiger partial charge in [0, 0.05) is 43.8 Å². The first-order valence-electron chi connectivity index (χ1n) is 12.1. The summed E-state index contributed by atoms with van der Waals surface area (Å²) >= 11 is 0. The average Bonchev–Trinajstić information content (AvgIpc) is 3.10. The predicted octanol–water partition coefficient (Wildman–Crippen LogP) is 5.98. The largest absolute Gasteiger partial charge is 0.417 e. The van der Waals surface area contributed by atoms with E-state index in [9.17, 15) is 22.8 Å². The van der Waals surface area contributed by atoms with Gasteiger partial charge in [-0.1, -0.05) is 19.9 Å². The summed E-state index contributed by atoms with van der Waals surface area (Å²) in [4.78, 5) is 29.5. The number of rotatable bonds is 4. The third-order valence-electron chi connectivity index (χ3n) is 7.17. The zero-order valence-corrected chi connectivity index (χ0v) is 21.1. The van der Waals surface area contributed by atoms with Crippen molar-refractivity contribution in [1.29, 1.82) is 0 Å². The number of hydrogen-bond donors (Lipinski definition) is 0. The molecule has 0 bridgehead atoms. The maximum atomic E-state index is 14.3. The molecule has 2 aromatic carbocycles. The normalized spacial score (nSPS) is 13.9. The lowest BCUT2D eigenvalue weighted by Gasteiger charge is -2.33. The number of alkyl halides is 3. The van der Waals surface area contributed by atoms with Crippen LogP contribution in [0.1, 0.15) is 53.4 Å². The van der Waals surface area contributed by atoms with Crippen LogP contribution in [0, 0.1) is 0 Å². The zero-order valence-electron chi connectivity index (χ0n) is 21.1. The number of nitrogens with zero attached hydrogens (tertiary/aromatic N) is 4. The minimum Gasteiger partial charge on any atom is -0.341 e. The van der Waals surface area contributed by atoms with Gasteiger partial charge in [0.2, 0.25) is 0 Å². The minimum atomic E-state index is -4.59. The Labute approximate surface area is 212 Å². The van der Waals surface area contributed by atoms with E-state index >= 15 is 0 Å². The highest BCUT2D eigenvalue weighted by Crippen LogP contribution is 2.44. The molecule has 0 saturated heterocycles. The van der Waals surface area contributed by atoms with Crippen LogP contribution in [0.3, 0.4) is 0 Å². The quantitative estimate of drug-likeness (QED) is 0.318. The van der Waals surface area contributed by atoms with Crippen molar-refractivity contribution in [2.24, 2.45) is 14.1 Å². The van der Waals surface area contributed by atoms with Gasteiger partial charge in [0.1, 0.15) is 5.69 Å². The Morgan fingerprint density at radius 3 is 2.43 bits per heavy atom. The van der Waals surface area contributed by atoms with Gasteiger partial charge in [0.25, 0.3) is 0 Å². The van der Waals surface area contributed by atoms with Gasteiger partial charge in [-0.05, 0) is 65.8 Å². The van der Waals surface area contributed by atoms with Gasteiger partial charge in [-0.15, -0.1) is 0 Å². The second-order valence-corrected chi connectivity index (χ2v) is 9.83. The Morgan fingerprint density at radius 2 is 1.81 bits per heavy atom. The molecule has 2 aromatic heterocycles. The van der Waals surface area contributed by atoms with Crippen LogP contribution in [-0.4, -0.2) is 26.9 Å². The highest BCUT2D eigenvalue weighted by atomic mass is 19.4. The third-order valence-corrected chi connectivity index (χ3v) is 7.17. The lowest BCUT2D eigenvalue weighted by Crippen LogP contribution is -2.26. The number of hydrogen-bond acceptors (Lipinski definition) is 4. The van der Waals surface area contributed by atoms with Crippen molar-refractivity contribution in [2.75, 3.05) is 11.4 Å². The van der Waals surface area contributed by atoms with Crippen molar-refractivity contribution in [3.63, 3.8) is 0 Å². The Morgan fingerprint density at radius 1 is 1.05 bits per heavy atom. The molecule has 0 N–H and O–H groups in total. The number of aryl methyl sites for hydroxylation is 3. The topological polar surface area (TPSA) is 60.1 Å². The maximum Gasteiger partial charge on any atom is 0.417 e. The van der Waals surface area contributed by atoms with E-state index in [0.717, 1.165) is 34.3 Å². The van der Waals surface area contributed by atoms with Gasteiger partial charge in [-0.2, -0.15) is 13.2 Å². The molecule has 0 spiro atoms. The van der Waals surface area contributed by atoms with Crippen LogP contribution >= 0.6 is 0 Å². The molecule has 0 unspecified atom stereocenters. The second-order valence-electron chi connectivity index (χ2n) is 9.83. The standard InChI is InChI=1S/C28H27F3N4O2/c1-16(2)21-11-20(12-25-26(21)34(4)27(37)33(25)3)35-9-5-6-17-10-22(18-7-8-19(15-36)32-14-18)23(13-24(17)35)28(29,30)31/h7-8,10-16H,5-6,9H2,1-4H3. The van der Waals surface area contributed by atoms with Crippen LogP contribution in [0.2, 0.25) is 0 Å². The summed E-state index contributed by atoms with van der Waals surface area (Å²) in [5, 5.41) is 0. The number of fused-ring (bicyclic) bond motifs is 2. The summed E-state index contributed by atoms with van der Waals surface area (Å²) in [5.74, 6) is 0.106. The molecule has 0 radical (unpaired) electrons. The van der Waals surface area contributed by atoms with Crippen LogP contribution in [0.4, 0.5) is 24.5 Å². The average molecular weight is 509 g/mol. The van der Waals surface area contributed by atoms with E-state index in [0.29, 0.717) is 30.5 Å². The summed E-state index contributed by atoms with van der Waals surface area (Å²) < 4.78 is 46.2. The highest BCUT2D eigenvalue weighted by molar-refractivity contribution is 5.87. The molecular formula is C28H27F3N4O2. The number of pyridine rings is 1. The molecule has 0 aliphatic carbocycles. The summed E-state index contributed by atoms with van der Waals surface area (Å²) in [6, 6.07) is 9.61. The molecule has 4 aromatic rings. The number of benzene rings is 2. The molecule has 6 nitrogen and oxygen atoms in total. The van der Waals surface area contributed by atoms with Crippen LogP contribution < -0.4 is 10.6 Å². The van der Waals surface area contributed by atoms with E-state index in [1.807, 2.05) is 30.9 Å². The molecule has 5 rings (SSSR count). The van der Waals surface area contributed by atoms with Gasteiger partial charge < -0.3 is 4.90 Å². The fraction of sp³-hybridized carbons (Fsp3) is 0.321. The van der Waals surface area contributed by atoms with Crippen molar-refractivity contribution in [1.82, 2.24) is 14.1 Å². The predicted molar refractivity (Wildman–Crippen MR) is 138 cm³/mol. The van der Waals surface area contributed by atoms with Crippen LogP contribution in [0.5, 0.6) is 0 Å². The second kappa shape index (κ2) is 8.90. The molecule has 1 aliphatic heterocycles. The van der Waals surface area contributed by atoms with Gasteiger partial charge in [-0.3, -0.25) is 18.9 Å². The Kier molecular flexibility index (Phi) is 5.96. The lowest BCUT2D eigenvalue weighted by molar-refractivity contribution is -0.137. The van der Waals surface area contributed by atoms with Crippen molar-refractivity contribution in [3.8, 4) is 11.1 Å². The minimum absolute atomic E-state index is 0.0434. The van der Waals surface area contributed by atoms with E-state index in [2.05, 4.69) is 4.98 Å². The Balaban J connectivity index is 1.72. The van der Waals surface area contributed by atoms with Crippen LogP contribution in [0.15, 0.2) is 47.4 Å². The maximum absolute atomic E-state index is 14.3. The van der Waals surface area contributed by atoms with Crippen molar-refractivity contribution >= 4 is 28.7 Å². The zero-order chi connectivity index (χ0) is 26.6. The van der Waals surface area contributed by atoms with E-state index in [1.165, 1.54) is 24.4 Å². The fourth-order valence-electron chi connectivity index (χ4n) is 5.28. The van der Waals surface area contributed by atoms with Crippen molar-refractivity contribution < 1.29 is 18.0 Å². The lowest BCUT2D eigenvalue weighted by atomic mass is 9.91. The van der Waals surface area contributed by atoms with E-state index < -0.39 is 11.7 Å². The number of halogens is 3. The monoisotopic (exact) mass is 508 g/mol. The molecule has 0 fully saturated rings. The van der Waals surface area contributed by atoms with Crippen LogP contribution in [0.25, 0.3) is 22.2 Å². The van der Waals surface area contributed by atoms with Gasteiger partial charge >= 0.3 is 11.9 Å². The molecule has 192 valence electrons. The van der Waals surface area contributed by atoms with Gasteiger partial charge in [0.05, 0.1) is 16.6 Å². The SMILES string of the molecule is CC(C)c1cc(N2CCCc3cc(-c4ccc(C=O)nc4)c(C(F)(F)F)cc32)cc2c1n(C)c(=O)n2C. The molecular weight excluding hydrogens is 481 g/mol. The first-order chi connectivity index (χ1) is 17.5. The number of carbonyl (C=O) groups excluding carboxylic acids is 1. The summed E-state index contributed by atoms with van der Waals surface area (Å²) in [5.41, 5.74) is 4.23. The first-order valence-corrected chi connectivity index (χ1v) is 12.1. The van der Waals surface area contributed by atoms with E-state index in [4.69, 9.17) is 0 Å². The summed E-state index contributed by atoms with van der Waals surface area (Å²) in [6.07, 6.45) is -1.32. The summed E-state index contributed by atoms with van der Waals surface area (Å²) in [6.45, 7) is 4.64. The number of aldehydes is 1. The Hall–Kier alpha value is -3.88.